The zero-order valence-corrected chi connectivity index (χ0v) is 6.53. The Morgan fingerprint density at radius 3 is 2.38 bits per heavy atom. The van der Waals surface area contributed by atoms with Crippen molar-refractivity contribution in [3.8, 4) is 0 Å². The van der Waals surface area contributed by atoms with Crippen molar-refractivity contribution in [3.05, 3.63) is 0 Å². The summed E-state index contributed by atoms with van der Waals surface area (Å²) in [6.45, 7) is 2.59. The maximum atomic E-state index is 7.79. The van der Waals surface area contributed by atoms with Gasteiger partial charge >= 0.3 is 0 Å². The third-order valence-electron chi connectivity index (χ3n) is 0.839. The van der Waals surface area contributed by atoms with Gasteiger partial charge in [-0.2, -0.15) is 0 Å². The molecule has 0 aromatic heterocycles. The molecular formula is C5H12O2V. The largest absolute Gasteiger partial charge is 0.252 e. The maximum Gasteiger partial charge on any atom is 0.0819 e. The van der Waals surface area contributed by atoms with Crippen LogP contribution in [0.2, 0.25) is 0 Å². The summed E-state index contributed by atoms with van der Waals surface area (Å²) in [7, 11) is 0. The van der Waals surface area contributed by atoms with Gasteiger partial charge in [-0.3, -0.25) is 5.26 Å². The summed E-state index contributed by atoms with van der Waals surface area (Å²) in [5, 5.41) is 7.79. The van der Waals surface area contributed by atoms with Crippen LogP contribution in [0.25, 0.3) is 0 Å². The van der Waals surface area contributed by atoms with E-state index in [-0.39, 0.29) is 18.6 Å². The van der Waals surface area contributed by atoms with Gasteiger partial charge in [0.15, 0.2) is 0 Å². The molecule has 49 valence electrons. The first kappa shape index (κ1) is 11.3. The molecule has 0 aromatic carbocycles. The molecule has 0 fully saturated rings. The quantitative estimate of drug-likeness (QED) is 0.380. The fourth-order valence-electron chi connectivity index (χ4n) is 0.417. The molecule has 0 saturated carbocycles. The predicted octanol–water partition coefficient (Wildman–Crippen LogP) is 1.66. The summed E-state index contributed by atoms with van der Waals surface area (Å²) in [4.78, 5) is 3.84. The summed E-state index contributed by atoms with van der Waals surface area (Å²) < 4.78 is 0. The van der Waals surface area contributed by atoms with Crippen molar-refractivity contribution >= 4 is 0 Å². The van der Waals surface area contributed by atoms with Crippen LogP contribution in [0.3, 0.4) is 0 Å². The summed E-state index contributed by atoms with van der Waals surface area (Å²) in [6, 6.07) is 0. The second-order valence-corrected chi connectivity index (χ2v) is 1.54. The number of hydrogen-bond donors (Lipinski definition) is 1. The summed E-state index contributed by atoms with van der Waals surface area (Å²) in [6.07, 6.45) is 3.27. The standard InChI is InChI=1S/C5H12O2.V/c1-2-3-4-5-7-6;/h6H,2-5H2,1H3;. The summed E-state index contributed by atoms with van der Waals surface area (Å²) in [5.74, 6) is 0. The van der Waals surface area contributed by atoms with Gasteiger partial charge in [-0.05, 0) is 6.42 Å². The van der Waals surface area contributed by atoms with Crippen LogP contribution >= 0.6 is 0 Å². The van der Waals surface area contributed by atoms with E-state index in [0.717, 1.165) is 12.8 Å². The van der Waals surface area contributed by atoms with Gasteiger partial charge in [-0.25, -0.2) is 4.89 Å². The van der Waals surface area contributed by atoms with Crippen LogP contribution in [0, 0.1) is 0 Å². The SMILES string of the molecule is CCCCCOO.[V]. The van der Waals surface area contributed by atoms with Gasteiger partial charge in [0, 0.05) is 18.6 Å². The van der Waals surface area contributed by atoms with Crippen molar-refractivity contribution in [2.75, 3.05) is 6.61 Å². The first-order chi connectivity index (χ1) is 3.41. The average molecular weight is 155 g/mol. The third kappa shape index (κ3) is 9.71. The number of unbranched alkanes of at least 4 members (excludes halogenated alkanes) is 2. The molecule has 0 aromatic rings. The van der Waals surface area contributed by atoms with Crippen molar-refractivity contribution in [1.29, 1.82) is 0 Å². The Morgan fingerprint density at radius 2 is 2.00 bits per heavy atom. The Kier molecular flexibility index (Phi) is 14.8. The fraction of sp³-hybridized carbons (Fsp3) is 1.00. The molecule has 0 saturated heterocycles. The average Bonchev–Trinajstić information content (AvgIpc) is 1.69. The van der Waals surface area contributed by atoms with Gasteiger partial charge in [-0.15, -0.1) is 0 Å². The van der Waals surface area contributed by atoms with Gasteiger partial charge in [-0.1, -0.05) is 19.8 Å². The van der Waals surface area contributed by atoms with E-state index in [4.69, 9.17) is 5.26 Å². The van der Waals surface area contributed by atoms with Crippen LogP contribution in [0.5, 0.6) is 0 Å². The molecule has 0 aliphatic heterocycles. The van der Waals surface area contributed by atoms with Crippen LogP contribution in [0.1, 0.15) is 26.2 Å². The van der Waals surface area contributed by atoms with E-state index < -0.39 is 0 Å². The Hall–Kier alpha value is 0.504. The third-order valence-corrected chi connectivity index (χ3v) is 0.839. The zero-order chi connectivity index (χ0) is 5.54. The van der Waals surface area contributed by atoms with Gasteiger partial charge in [0.05, 0.1) is 6.61 Å². The Balaban J connectivity index is 0. The van der Waals surface area contributed by atoms with Crippen molar-refractivity contribution < 1.29 is 28.7 Å². The minimum absolute atomic E-state index is 0. The first-order valence-corrected chi connectivity index (χ1v) is 2.68. The van der Waals surface area contributed by atoms with Crippen LogP contribution in [0.15, 0.2) is 0 Å². The molecule has 0 aliphatic rings. The van der Waals surface area contributed by atoms with Crippen LogP contribution in [0.4, 0.5) is 0 Å². The molecule has 1 radical (unpaired) electrons. The molecule has 0 heterocycles. The van der Waals surface area contributed by atoms with Crippen molar-refractivity contribution in [1.82, 2.24) is 0 Å². The predicted molar refractivity (Wildman–Crippen MR) is 28.1 cm³/mol. The van der Waals surface area contributed by atoms with Crippen LogP contribution in [-0.4, -0.2) is 11.9 Å². The minimum Gasteiger partial charge on any atom is -0.252 e. The second kappa shape index (κ2) is 10.5. The van der Waals surface area contributed by atoms with E-state index in [1.54, 1.807) is 0 Å². The molecule has 3 heteroatoms. The Morgan fingerprint density at radius 1 is 1.38 bits per heavy atom. The van der Waals surface area contributed by atoms with Gasteiger partial charge in [0.25, 0.3) is 0 Å². The van der Waals surface area contributed by atoms with Gasteiger partial charge < -0.3 is 0 Å². The molecule has 0 bridgehead atoms. The van der Waals surface area contributed by atoms with E-state index in [1.165, 1.54) is 6.42 Å². The fourth-order valence-corrected chi connectivity index (χ4v) is 0.417. The number of rotatable bonds is 4. The Labute approximate surface area is 62.0 Å². The first-order valence-electron chi connectivity index (χ1n) is 2.68. The number of hydrogen-bond acceptors (Lipinski definition) is 2. The van der Waals surface area contributed by atoms with E-state index >= 15 is 0 Å². The molecular weight excluding hydrogens is 143 g/mol. The van der Waals surface area contributed by atoms with Gasteiger partial charge in [0.1, 0.15) is 0 Å². The smallest absolute Gasteiger partial charge is 0.0819 e. The normalized spacial score (nSPS) is 8.25. The summed E-state index contributed by atoms with van der Waals surface area (Å²) >= 11 is 0. The molecule has 0 spiro atoms. The molecule has 0 aliphatic carbocycles. The van der Waals surface area contributed by atoms with E-state index in [1.807, 2.05) is 0 Å². The molecule has 2 nitrogen and oxygen atoms in total. The zero-order valence-electron chi connectivity index (χ0n) is 5.13. The van der Waals surface area contributed by atoms with Gasteiger partial charge in [0.2, 0.25) is 0 Å². The topological polar surface area (TPSA) is 29.5 Å². The summed E-state index contributed by atoms with van der Waals surface area (Å²) in [5.41, 5.74) is 0. The maximum absolute atomic E-state index is 7.79. The van der Waals surface area contributed by atoms with Crippen molar-refractivity contribution in [2.24, 2.45) is 0 Å². The molecule has 0 unspecified atom stereocenters. The van der Waals surface area contributed by atoms with E-state index in [2.05, 4.69) is 11.8 Å². The molecule has 0 amide bonds. The van der Waals surface area contributed by atoms with E-state index in [0.29, 0.717) is 6.61 Å². The molecule has 1 N–H and O–H groups in total. The monoisotopic (exact) mass is 155 g/mol. The molecule has 0 atom stereocenters. The Bertz CT molecular complexity index is 29.6. The molecule has 8 heavy (non-hydrogen) atoms. The second-order valence-electron chi connectivity index (χ2n) is 1.54. The van der Waals surface area contributed by atoms with Crippen molar-refractivity contribution in [2.45, 2.75) is 26.2 Å². The van der Waals surface area contributed by atoms with Crippen LogP contribution in [-0.2, 0) is 23.4 Å². The van der Waals surface area contributed by atoms with E-state index in [9.17, 15) is 0 Å². The van der Waals surface area contributed by atoms with Crippen molar-refractivity contribution in [3.63, 3.8) is 0 Å². The van der Waals surface area contributed by atoms with Crippen LogP contribution < -0.4 is 0 Å². The minimum atomic E-state index is 0. The molecule has 0 rings (SSSR count).